The number of alkyl halides is 1. The van der Waals surface area contributed by atoms with Gasteiger partial charge in [0.15, 0.2) is 0 Å². The number of nitrogens with zero attached hydrogens (tertiary/aromatic N) is 1. The zero-order chi connectivity index (χ0) is 16.1. The van der Waals surface area contributed by atoms with E-state index in [1.54, 1.807) is 12.1 Å². The van der Waals surface area contributed by atoms with Gasteiger partial charge in [-0.1, -0.05) is 54.1 Å². The van der Waals surface area contributed by atoms with Crippen LogP contribution in [0.25, 0.3) is 0 Å². The molecule has 0 N–H and O–H groups in total. The second kappa shape index (κ2) is 8.84. The van der Waals surface area contributed by atoms with Crippen molar-refractivity contribution in [1.82, 2.24) is 4.90 Å². The van der Waals surface area contributed by atoms with Crippen molar-refractivity contribution < 1.29 is 4.39 Å². The quantitative estimate of drug-likeness (QED) is 0.659. The van der Waals surface area contributed by atoms with Crippen LogP contribution in [0.2, 0.25) is 5.02 Å². The van der Waals surface area contributed by atoms with Crippen molar-refractivity contribution in [2.24, 2.45) is 0 Å². The Balaban J connectivity index is 0.00000208. The summed E-state index contributed by atoms with van der Waals surface area (Å²) < 4.78 is 15.1. The third-order valence-electron chi connectivity index (χ3n) is 4.79. The smallest absolute Gasteiger partial charge is 0.138 e. The summed E-state index contributed by atoms with van der Waals surface area (Å²) in [5.41, 5.74) is 0.955. The summed E-state index contributed by atoms with van der Waals surface area (Å²) >= 11 is 5.90. The molecule has 2 aromatic rings. The zero-order valence-corrected chi connectivity index (χ0v) is 15.3. The molecule has 1 saturated heterocycles. The van der Waals surface area contributed by atoms with Crippen LogP contribution in [0.4, 0.5) is 4.39 Å². The molecule has 2 aromatic carbocycles. The van der Waals surface area contributed by atoms with E-state index in [1.807, 2.05) is 18.2 Å². The fraction of sp³-hybridized carbons (Fsp3) is 0.400. The van der Waals surface area contributed by atoms with Crippen LogP contribution < -0.4 is 0 Å². The maximum atomic E-state index is 15.1. The van der Waals surface area contributed by atoms with Gasteiger partial charge in [-0.15, -0.1) is 12.4 Å². The fourth-order valence-electron chi connectivity index (χ4n) is 3.32. The van der Waals surface area contributed by atoms with Crippen molar-refractivity contribution in [2.75, 3.05) is 19.6 Å². The molecule has 3 rings (SSSR count). The first-order chi connectivity index (χ1) is 11.2. The Hall–Kier alpha value is -1.09. The molecule has 1 aliphatic rings. The average molecular weight is 368 g/mol. The summed E-state index contributed by atoms with van der Waals surface area (Å²) in [6, 6.07) is 17.8. The Morgan fingerprint density at radius 1 is 0.958 bits per heavy atom. The van der Waals surface area contributed by atoms with Crippen molar-refractivity contribution in [3.8, 4) is 0 Å². The van der Waals surface area contributed by atoms with E-state index in [9.17, 15) is 0 Å². The van der Waals surface area contributed by atoms with E-state index in [0.717, 1.165) is 38.0 Å². The van der Waals surface area contributed by atoms with Crippen LogP contribution in [0, 0.1) is 0 Å². The molecule has 1 fully saturated rings. The number of hydrogen-bond acceptors (Lipinski definition) is 1. The highest BCUT2D eigenvalue weighted by Crippen LogP contribution is 2.37. The minimum Gasteiger partial charge on any atom is -0.303 e. The zero-order valence-electron chi connectivity index (χ0n) is 13.8. The van der Waals surface area contributed by atoms with Crippen LogP contribution in [0.1, 0.15) is 30.4 Å². The van der Waals surface area contributed by atoms with Gasteiger partial charge in [-0.05, 0) is 55.5 Å². The molecular formula is C20H24Cl2FN. The molecule has 130 valence electrons. The molecule has 0 bridgehead atoms. The highest BCUT2D eigenvalue weighted by atomic mass is 35.5. The second-order valence-electron chi connectivity index (χ2n) is 6.40. The van der Waals surface area contributed by atoms with Crippen molar-refractivity contribution in [3.05, 3.63) is 70.7 Å². The van der Waals surface area contributed by atoms with Crippen LogP contribution in [0.5, 0.6) is 0 Å². The van der Waals surface area contributed by atoms with Crippen LogP contribution in [0.15, 0.2) is 54.6 Å². The van der Waals surface area contributed by atoms with E-state index in [2.05, 4.69) is 29.2 Å². The van der Waals surface area contributed by atoms with Gasteiger partial charge < -0.3 is 4.90 Å². The molecule has 1 aliphatic heterocycles. The summed E-state index contributed by atoms with van der Waals surface area (Å²) in [4.78, 5) is 2.39. The third-order valence-corrected chi connectivity index (χ3v) is 5.04. The maximum absolute atomic E-state index is 15.1. The molecule has 0 unspecified atom stereocenters. The van der Waals surface area contributed by atoms with E-state index in [0.29, 0.717) is 17.9 Å². The molecule has 0 spiro atoms. The van der Waals surface area contributed by atoms with Crippen molar-refractivity contribution in [3.63, 3.8) is 0 Å². The normalized spacial score (nSPS) is 17.2. The molecule has 1 heterocycles. The van der Waals surface area contributed by atoms with Crippen molar-refractivity contribution in [1.29, 1.82) is 0 Å². The van der Waals surface area contributed by atoms with Crippen molar-refractivity contribution >= 4 is 24.0 Å². The fourth-order valence-corrected chi connectivity index (χ4v) is 3.45. The van der Waals surface area contributed by atoms with E-state index in [1.165, 1.54) is 5.56 Å². The first-order valence-electron chi connectivity index (χ1n) is 8.37. The summed E-state index contributed by atoms with van der Waals surface area (Å²) in [6.07, 6.45) is 3.36. The van der Waals surface area contributed by atoms with Gasteiger partial charge in [0.05, 0.1) is 0 Å². The molecular weight excluding hydrogens is 344 g/mol. The molecule has 0 aromatic heterocycles. The molecule has 1 nitrogen and oxygen atoms in total. The van der Waals surface area contributed by atoms with Crippen LogP contribution in [-0.4, -0.2) is 24.5 Å². The number of rotatable bonds is 5. The molecule has 0 radical (unpaired) electrons. The lowest BCUT2D eigenvalue weighted by atomic mass is 9.86. The van der Waals surface area contributed by atoms with Gasteiger partial charge in [0.25, 0.3) is 0 Å². The Labute approximate surface area is 155 Å². The standard InChI is InChI=1S/C20H23ClFN.ClH/c21-19-10-8-18(9-11-19)20(22)12-15-23(16-13-20)14-4-7-17-5-2-1-3-6-17;/h1-3,5-6,8-11H,4,7,12-16H2;1H. The average Bonchev–Trinajstić information content (AvgIpc) is 2.58. The Bertz CT molecular complexity index is 607. The van der Waals surface area contributed by atoms with Crippen LogP contribution in [0.3, 0.4) is 0 Å². The molecule has 0 amide bonds. The minimum absolute atomic E-state index is 0. The van der Waals surface area contributed by atoms with Gasteiger partial charge >= 0.3 is 0 Å². The summed E-state index contributed by atoms with van der Waals surface area (Å²) in [7, 11) is 0. The van der Waals surface area contributed by atoms with Gasteiger partial charge in [-0.25, -0.2) is 4.39 Å². The topological polar surface area (TPSA) is 3.24 Å². The summed E-state index contributed by atoms with van der Waals surface area (Å²) in [5, 5.41) is 0.663. The summed E-state index contributed by atoms with van der Waals surface area (Å²) in [6.45, 7) is 2.70. The SMILES string of the molecule is Cl.FC1(c2ccc(Cl)cc2)CCN(CCCc2ccccc2)CC1. The monoisotopic (exact) mass is 367 g/mol. The van der Waals surface area contributed by atoms with E-state index >= 15 is 4.39 Å². The largest absolute Gasteiger partial charge is 0.303 e. The first kappa shape index (κ1) is 19.2. The Morgan fingerprint density at radius 3 is 2.21 bits per heavy atom. The van der Waals surface area contributed by atoms with Gasteiger partial charge in [0.1, 0.15) is 5.67 Å². The van der Waals surface area contributed by atoms with Crippen LogP contribution in [-0.2, 0) is 12.1 Å². The van der Waals surface area contributed by atoms with Gasteiger partial charge in [0.2, 0.25) is 0 Å². The van der Waals surface area contributed by atoms with Gasteiger partial charge in [-0.2, -0.15) is 0 Å². The second-order valence-corrected chi connectivity index (χ2v) is 6.84. The predicted octanol–water partition coefficient (Wildman–Crippen LogP) is 5.66. The number of piperidine rings is 1. The highest BCUT2D eigenvalue weighted by Gasteiger charge is 2.35. The lowest BCUT2D eigenvalue weighted by Crippen LogP contribution is -2.40. The highest BCUT2D eigenvalue weighted by molar-refractivity contribution is 6.30. The van der Waals surface area contributed by atoms with E-state index in [-0.39, 0.29) is 12.4 Å². The lowest BCUT2D eigenvalue weighted by Gasteiger charge is -2.36. The first-order valence-corrected chi connectivity index (χ1v) is 8.75. The maximum Gasteiger partial charge on any atom is 0.138 e. The lowest BCUT2D eigenvalue weighted by molar-refractivity contribution is 0.0556. The third kappa shape index (κ3) is 4.95. The minimum atomic E-state index is -1.19. The number of halogens is 3. The molecule has 4 heteroatoms. The van der Waals surface area contributed by atoms with Gasteiger partial charge in [-0.3, -0.25) is 0 Å². The number of hydrogen-bond donors (Lipinski definition) is 0. The van der Waals surface area contributed by atoms with E-state index in [4.69, 9.17) is 11.6 Å². The number of likely N-dealkylation sites (tertiary alicyclic amines) is 1. The van der Waals surface area contributed by atoms with Gasteiger partial charge in [0, 0.05) is 18.1 Å². The van der Waals surface area contributed by atoms with Crippen molar-refractivity contribution in [2.45, 2.75) is 31.4 Å². The predicted molar refractivity (Wildman–Crippen MR) is 102 cm³/mol. The Morgan fingerprint density at radius 2 is 1.58 bits per heavy atom. The van der Waals surface area contributed by atoms with Crippen LogP contribution >= 0.6 is 24.0 Å². The molecule has 0 atom stereocenters. The molecule has 24 heavy (non-hydrogen) atoms. The number of benzene rings is 2. The molecule has 0 saturated carbocycles. The Kier molecular flexibility index (Phi) is 7.09. The number of aryl methyl sites for hydroxylation is 1. The summed E-state index contributed by atoms with van der Waals surface area (Å²) in [5.74, 6) is 0. The van der Waals surface area contributed by atoms with E-state index < -0.39 is 5.67 Å². The molecule has 0 aliphatic carbocycles.